The summed E-state index contributed by atoms with van der Waals surface area (Å²) >= 11 is 0. The lowest BCUT2D eigenvalue weighted by molar-refractivity contribution is 0.228. The zero-order valence-electron chi connectivity index (χ0n) is 7.42. The predicted octanol–water partition coefficient (Wildman–Crippen LogP) is 2.51. The van der Waals surface area contributed by atoms with Crippen LogP contribution in [0.1, 0.15) is 33.6 Å². The average molecular weight is 153 g/mol. The Kier molecular flexibility index (Phi) is 2.69. The molecule has 1 atom stereocenters. The first-order valence-corrected chi connectivity index (χ1v) is 4.20. The topological polar surface area (TPSA) is 21.6 Å². The van der Waals surface area contributed by atoms with Gasteiger partial charge in [-0.25, -0.2) is 4.99 Å². The Morgan fingerprint density at radius 1 is 1.45 bits per heavy atom. The predicted molar refractivity (Wildman–Crippen MR) is 46.6 cm³/mol. The average Bonchev–Trinajstić information content (AvgIpc) is 2.04. The molecule has 0 aromatic carbocycles. The van der Waals surface area contributed by atoms with Crippen molar-refractivity contribution in [2.75, 3.05) is 0 Å². The lowest BCUT2D eigenvalue weighted by Crippen LogP contribution is -2.19. The first-order chi connectivity index (χ1) is 5.27. The molecule has 0 saturated heterocycles. The van der Waals surface area contributed by atoms with Crippen LogP contribution in [0.2, 0.25) is 0 Å². The third-order valence-electron chi connectivity index (χ3n) is 1.92. The van der Waals surface area contributed by atoms with E-state index >= 15 is 0 Å². The smallest absolute Gasteiger partial charge is 0.188 e. The van der Waals surface area contributed by atoms with Crippen molar-refractivity contribution in [2.24, 2.45) is 4.99 Å². The molecule has 0 radical (unpaired) electrons. The minimum atomic E-state index is 0.229. The van der Waals surface area contributed by atoms with E-state index in [-0.39, 0.29) is 6.10 Å². The first-order valence-electron chi connectivity index (χ1n) is 4.20. The highest BCUT2D eigenvalue weighted by atomic mass is 16.5. The van der Waals surface area contributed by atoms with E-state index in [9.17, 15) is 0 Å². The van der Waals surface area contributed by atoms with E-state index < -0.39 is 0 Å². The minimum Gasteiger partial charge on any atom is -0.473 e. The SMILES string of the molecule is CCC1=CN=C(CC)OC1C. The molecule has 0 spiro atoms. The van der Waals surface area contributed by atoms with Gasteiger partial charge in [0, 0.05) is 12.6 Å². The summed E-state index contributed by atoms with van der Waals surface area (Å²) in [5, 5.41) is 0. The summed E-state index contributed by atoms with van der Waals surface area (Å²) in [6, 6.07) is 0. The molecule has 1 unspecified atom stereocenters. The van der Waals surface area contributed by atoms with Gasteiger partial charge in [-0.15, -0.1) is 0 Å². The quantitative estimate of drug-likeness (QED) is 0.597. The molecule has 0 aliphatic carbocycles. The van der Waals surface area contributed by atoms with Crippen LogP contribution in [-0.4, -0.2) is 12.0 Å². The van der Waals surface area contributed by atoms with E-state index in [0.29, 0.717) is 0 Å². The van der Waals surface area contributed by atoms with Gasteiger partial charge in [0.1, 0.15) is 6.10 Å². The van der Waals surface area contributed by atoms with Crippen LogP contribution in [0.3, 0.4) is 0 Å². The molecule has 1 aliphatic heterocycles. The number of ether oxygens (including phenoxy) is 1. The van der Waals surface area contributed by atoms with Crippen LogP contribution in [0.4, 0.5) is 0 Å². The Bertz CT molecular complexity index is 194. The summed E-state index contributed by atoms with van der Waals surface area (Å²) in [7, 11) is 0. The van der Waals surface area contributed by atoms with Crippen LogP contribution in [-0.2, 0) is 4.74 Å². The van der Waals surface area contributed by atoms with Gasteiger partial charge in [0.15, 0.2) is 5.90 Å². The summed E-state index contributed by atoms with van der Waals surface area (Å²) in [6.07, 6.45) is 4.08. The molecule has 0 aromatic heterocycles. The molecule has 0 N–H and O–H groups in total. The van der Waals surface area contributed by atoms with Crippen molar-refractivity contribution in [1.29, 1.82) is 0 Å². The fourth-order valence-corrected chi connectivity index (χ4v) is 1.12. The zero-order valence-corrected chi connectivity index (χ0v) is 7.42. The first kappa shape index (κ1) is 8.31. The van der Waals surface area contributed by atoms with Crippen LogP contribution in [0, 0.1) is 0 Å². The van der Waals surface area contributed by atoms with Crippen molar-refractivity contribution in [3.8, 4) is 0 Å². The molecule has 2 nitrogen and oxygen atoms in total. The maximum absolute atomic E-state index is 5.52. The fraction of sp³-hybridized carbons (Fsp3) is 0.667. The second-order valence-corrected chi connectivity index (χ2v) is 2.69. The molecule has 0 aromatic rings. The maximum Gasteiger partial charge on any atom is 0.188 e. The van der Waals surface area contributed by atoms with Crippen molar-refractivity contribution in [3.63, 3.8) is 0 Å². The summed E-state index contributed by atoms with van der Waals surface area (Å²) in [5.74, 6) is 0.856. The van der Waals surface area contributed by atoms with E-state index in [2.05, 4.69) is 25.8 Å². The summed E-state index contributed by atoms with van der Waals surface area (Å²) < 4.78 is 5.52. The Labute approximate surface area is 68.0 Å². The zero-order chi connectivity index (χ0) is 8.27. The molecular formula is C9H15NO. The molecule has 0 bridgehead atoms. The molecule has 0 fully saturated rings. The van der Waals surface area contributed by atoms with Gasteiger partial charge >= 0.3 is 0 Å². The van der Waals surface area contributed by atoms with Gasteiger partial charge in [-0.3, -0.25) is 0 Å². The third-order valence-corrected chi connectivity index (χ3v) is 1.92. The molecule has 0 amide bonds. The fourth-order valence-electron chi connectivity index (χ4n) is 1.12. The van der Waals surface area contributed by atoms with Crippen molar-refractivity contribution >= 4 is 5.90 Å². The highest BCUT2D eigenvalue weighted by molar-refractivity contribution is 5.77. The van der Waals surface area contributed by atoms with E-state index in [4.69, 9.17) is 4.74 Å². The van der Waals surface area contributed by atoms with Gasteiger partial charge in [0.05, 0.1) is 0 Å². The number of hydrogen-bond donors (Lipinski definition) is 0. The summed E-state index contributed by atoms with van der Waals surface area (Å²) in [4.78, 5) is 4.18. The highest BCUT2D eigenvalue weighted by Gasteiger charge is 2.13. The van der Waals surface area contributed by atoms with Gasteiger partial charge in [0.2, 0.25) is 0 Å². The summed E-state index contributed by atoms with van der Waals surface area (Å²) in [5.41, 5.74) is 1.28. The van der Waals surface area contributed by atoms with Crippen LogP contribution < -0.4 is 0 Å². The van der Waals surface area contributed by atoms with Gasteiger partial charge in [0.25, 0.3) is 0 Å². The van der Waals surface area contributed by atoms with E-state index in [1.165, 1.54) is 5.57 Å². The molecule has 1 aliphatic rings. The Balaban J connectivity index is 2.69. The standard InChI is InChI=1S/C9H15NO/c1-4-8-6-10-9(5-2)11-7(8)3/h6-7H,4-5H2,1-3H3. The molecule has 0 saturated carbocycles. The van der Waals surface area contributed by atoms with Crippen molar-refractivity contribution in [2.45, 2.75) is 39.7 Å². The van der Waals surface area contributed by atoms with Crippen LogP contribution >= 0.6 is 0 Å². The Morgan fingerprint density at radius 3 is 2.64 bits per heavy atom. The van der Waals surface area contributed by atoms with Crippen molar-refractivity contribution < 1.29 is 4.74 Å². The van der Waals surface area contributed by atoms with E-state index in [1.807, 2.05) is 6.20 Å². The molecule has 62 valence electrons. The largest absolute Gasteiger partial charge is 0.473 e. The van der Waals surface area contributed by atoms with Crippen molar-refractivity contribution in [3.05, 3.63) is 11.8 Å². The van der Waals surface area contributed by atoms with Gasteiger partial charge in [-0.05, 0) is 18.9 Å². The Hall–Kier alpha value is -0.790. The molecule has 1 heterocycles. The minimum absolute atomic E-state index is 0.229. The van der Waals surface area contributed by atoms with Gasteiger partial charge < -0.3 is 4.74 Å². The molecular weight excluding hydrogens is 138 g/mol. The van der Waals surface area contributed by atoms with Crippen LogP contribution in [0.25, 0.3) is 0 Å². The second kappa shape index (κ2) is 3.56. The Morgan fingerprint density at radius 2 is 2.18 bits per heavy atom. The second-order valence-electron chi connectivity index (χ2n) is 2.69. The molecule has 2 heteroatoms. The van der Waals surface area contributed by atoms with Gasteiger partial charge in [-0.2, -0.15) is 0 Å². The number of hydrogen-bond acceptors (Lipinski definition) is 2. The van der Waals surface area contributed by atoms with E-state index in [0.717, 1.165) is 18.7 Å². The maximum atomic E-state index is 5.52. The lowest BCUT2D eigenvalue weighted by Gasteiger charge is -2.20. The molecule has 11 heavy (non-hydrogen) atoms. The van der Waals surface area contributed by atoms with Crippen molar-refractivity contribution in [1.82, 2.24) is 0 Å². The lowest BCUT2D eigenvalue weighted by atomic mass is 10.1. The summed E-state index contributed by atoms with van der Waals surface area (Å²) in [6.45, 7) is 6.24. The normalized spacial score (nSPS) is 23.7. The van der Waals surface area contributed by atoms with E-state index in [1.54, 1.807) is 0 Å². The highest BCUT2D eigenvalue weighted by Crippen LogP contribution is 2.16. The number of nitrogens with zero attached hydrogens (tertiary/aromatic N) is 1. The van der Waals surface area contributed by atoms with Crippen LogP contribution in [0.15, 0.2) is 16.8 Å². The van der Waals surface area contributed by atoms with Gasteiger partial charge in [-0.1, -0.05) is 13.8 Å². The number of rotatable bonds is 2. The number of aliphatic imine (C=N–C) groups is 1. The monoisotopic (exact) mass is 153 g/mol. The van der Waals surface area contributed by atoms with Crippen LogP contribution in [0.5, 0.6) is 0 Å². The molecule has 1 rings (SSSR count). The third kappa shape index (κ3) is 1.82.